The largest absolute Gasteiger partial charge is 0.322 e. The molecule has 0 aromatic heterocycles. The first-order valence-electron chi connectivity index (χ1n) is 5.85. The summed E-state index contributed by atoms with van der Waals surface area (Å²) < 4.78 is 12.7. The molecule has 2 aromatic rings. The molecule has 0 heterocycles. The van der Waals surface area contributed by atoms with Gasteiger partial charge in [0.15, 0.2) is 0 Å². The zero-order valence-electron chi connectivity index (χ0n) is 10.1. The number of aryl methyl sites for hydroxylation is 1. The Balaban J connectivity index is 2.13. The van der Waals surface area contributed by atoms with E-state index in [1.165, 1.54) is 24.3 Å². The summed E-state index contributed by atoms with van der Waals surface area (Å²) in [5, 5.41) is 2.79. The summed E-state index contributed by atoms with van der Waals surface area (Å²) >= 11 is 0. The molecular formula is C15H14FNO. The van der Waals surface area contributed by atoms with Crippen molar-refractivity contribution in [3.63, 3.8) is 0 Å². The highest BCUT2D eigenvalue weighted by Gasteiger charge is 2.06. The molecule has 18 heavy (non-hydrogen) atoms. The summed E-state index contributed by atoms with van der Waals surface area (Å²) in [6.45, 7) is 2.06. The molecule has 2 nitrogen and oxygen atoms in total. The predicted octanol–water partition coefficient (Wildman–Crippen LogP) is 3.64. The van der Waals surface area contributed by atoms with Crippen LogP contribution in [0.25, 0.3) is 0 Å². The second-order valence-electron chi connectivity index (χ2n) is 4.01. The molecule has 0 aliphatic carbocycles. The van der Waals surface area contributed by atoms with E-state index in [-0.39, 0.29) is 11.7 Å². The summed E-state index contributed by atoms with van der Waals surface area (Å²) in [7, 11) is 0. The summed E-state index contributed by atoms with van der Waals surface area (Å²) in [6, 6.07) is 13.2. The number of amides is 1. The van der Waals surface area contributed by atoms with Gasteiger partial charge in [0.05, 0.1) is 0 Å². The quantitative estimate of drug-likeness (QED) is 0.876. The Morgan fingerprint density at radius 3 is 2.56 bits per heavy atom. The van der Waals surface area contributed by atoms with E-state index in [9.17, 15) is 9.18 Å². The maximum absolute atomic E-state index is 12.7. The second kappa shape index (κ2) is 5.45. The number of hydrogen-bond acceptors (Lipinski definition) is 1. The first kappa shape index (κ1) is 12.3. The van der Waals surface area contributed by atoms with E-state index in [1.807, 2.05) is 24.3 Å². The van der Waals surface area contributed by atoms with Gasteiger partial charge in [-0.2, -0.15) is 0 Å². The summed E-state index contributed by atoms with van der Waals surface area (Å²) in [6.07, 6.45) is 0.917. The molecule has 0 atom stereocenters. The van der Waals surface area contributed by atoms with Crippen molar-refractivity contribution in [3.8, 4) is 0 Å². The molecule has 1 N–H and O–H groups in total. The van der Waals surface area contributed by atoms with Crippen LogP contribution in [0.4, 0.5) is 10.1 Å². The third kappa shape index (κ3) is 2.94. The minimum atomic E-state index is -0.348. The van der Waals surface area contributed by atoms with Gasteiger partial charge in [0.1, 0.15) is 5.82 Å². The van der Waals surface area contributed by atoms with E-state index in [0.717, 1.165) is 17.7 Å². The monoisotopic (exact) mass is 243 g/mol. The van der Waals surface area contributed by atoms with E-state index in [4.69, 9.17) is 0 Å². The van der Waals surface area contributed by atoms with Crippen molar-refractivity contribution in [1.29, 1.82) is 0 Å². The maximum Gasteiger partial charge on any atom is 0.255 e. The molecule has 0 radical (unpaired) electrons. The lowest BCUT2D eigenvalue weighted by Crippen LogP contribution is -2.11. The van der Waals surface area contributed by atoms with Crippen LogP contribution in [0, 0.1) is 5.82 Å². The Bertz CT molecular complexity index is 549. The van der Waals surface area contributed by atoms with Crippen molar-refractivity contribution in [2.24, 2.45) is 0 Å². The Morgan fingerprint density at radius 1 is 1.17 bits per heavy atom. The second-order valence-corrected chi connectivity index (χ2v) is 4.01. The average Bonchev–Trinajstić information content (AvgIpc) is 2.39. The normalized spacial score (nSPS) is 10.1. The number of nitrogens with one attached hydrogen (secondary N) is 1. The maximum atomic E-state index is 12.7. The Hall–Kier alpha value is -2.16. The Kier molecular flexibility index (Phi) is 3.72. The van der Waals surface area contributed by atoms with Crippen molar-refractivity contribution >= 4 is 11.6 Å². The van der Waals surface area contributed by atoms with E-state index >= 15 is 0 Å². The minimum absolute atomic E-state index is 0.233. The topological polar surface area (TPSA) is 29.1 Å². The summed E-state index contributed by atoms with van der Waals surface area (Å²) in [5.41, 5.74) is 2.36. The fourth-order valence-corrected chi connectivity index (χ4v) is 1.67. The minimum Gasteiger partial charge on any atom is -0.322 e. The van der Waals surface area contributed by atoms with Gasteiger partial charge in [-0.1, -0.05) is 19.1 Å². The van der Waals surface area contributed by atoms with E-state index in [2.05, 4.69) is 12.2 Å². The van der Waals surface area contributed by atoms with Gasteiger partial charge in [0.25, 0.3) is 5.91 Å². The molecule has 2 rings (SSSR count). The van der Waals surface area contributed by atoms with Crippen LogP contribution in [0.2, 0.25) is 0 Å². The molecule has 1 amide bonds. The Labute approximate surface area is 105 Å². The smallest absolute Gasteiger partial charge is 0.255 e. The van der Waals surface area contributed by atoms with Crippen molar-refractivity contribution in [3.05, 3.63) is 65.5 Å². The van der Waals surface area contributed by atoms with E-state index in [1.54, 1.807) is 0 Å². The van der Waals surface area contributed by atoms with Gasteiger partial charge in [-0.3, -0.25) is 4.79 Å². The number of carbonyl (C=O) groups is 1. The fraction of sp³-hybridized carbons (Fsp3) is 0.133. The fourth-order valence-electron chi connectivity index (χ4n) is 1.67. The highest BCUT2D eigenvalue weighted by Crippen LogP contribution is 2.13. The Morgan fingerprint density at radius 2 is 1.89 bits per heavy atom. The van der Waals surface area contributed by atoms with Crippen LogP contribution < -0.4 is 5.32 Å². The van der Waals surface area contributed by atoms with Crippen molar-refractivity contribution in [1.82, 2.24) is 0 Å². The third-order valence-corrected chi connectivity index (χ3v) is 2.70. The lowest BCUT2D eigenvalue weighted by Gasteiger charge is -2.06. The molecule has 0 aliphatic heterocycles. The molecule has 92 valence electrons. The molecule has 0 saturated heterocycles. The van der Waals surface area contributed by atoms with Gasteiger partial charge in [-0.15, -0.1) is 0 Å². The molecule has 0 aliphatic rings. The summed E-state index contributed by atoms with van der Waals surface area (Å²) in [5.74, 6) is -0.581. The van der Waals surface area contributed by atoms with Gasteiger partial charge in [-0.05, 0) is 48.4 Å². The molecule has 0 spiro atoms. The van der Waals surface area contributed by atoms with E-state index < -0.39 is 0 Å². The molecular weight excluding hydrogens is 229 g/mol. The molecule has 2 aromatic carbocycles. The van der Waals surface area contributed by atoms with Gasteiger partial charge >= 0.3 is 0 Å². The van der Waals surface area contributed by atoms with Crippen molar-refractivity contribution in [2.75, 3.05) is 5.32 Å². The van der Waals surface area contributed by atoms with Crippen LogP contribution in [0.5, 0.6) is 0 Å². The lowest BCUT2D eigenvalue weighted by molar-refractivity contribution is 0.102. The van der Waals surface area contributed by atoms with Crippen LogP contribution in [-0.2, 0) is 6.42 Å². The molecule has 3 heteroatoms. The standard InChI is InChI=1S/C15H14FNO/c1-2-11-4-3-5-14(10-11)17-15(18)12-6-8-13(16)9-7-12/h3-10H,2H2,1H3,(H,17,18). The van der Waals surface area contributed by atoms with E-state index in [0.29, 0.717) is 5.56 Å². The van der Waals surface area contributed by atoms with Gasteiger partial charge in [0, 0.05) is 11.3 Å². The van der Waals surface area contributed by atoms with Crippen LogP contribution in [0.15, 0.2) is 48.5 Å². The number of rotatable bonds is 3. The lowest BCUT2D eigenvalue weighted by atomic mass is 10.1. The van der Waals surface area contributed by atoms with Crippen LogP contribution in [-0.4, -0.2) is 5.91 Å². The number of hydrogen-bond donors (Lipinski definition) is 1. The zero-order valence-corrected chi connectivity index (χ0v) is 10.1. The third-order valence-electron chi connectivity index (χ3n) is 2.70. The SMILES string of the molecule is CCc1cccc(NC(=O)c2ccc(F)cc2)c1. The molecule has 0 fully saturated rings. The zero-order chi connectivity index (χ0) is 13.0. The van der Waals surface area contributed by atoms with Crippen molar-refractivity contribution in [2.45, 2.75) is 13.3 Å². The molecule has 0 unspecified atom stereocenters. The van der Waals surface area contributed by atoms with Crippen LogP contribution in [0.3, 0.4) is 0 Å². The van der Waals surface area contributed by atoms with Gasteiger partial charge < -0.3 is 5.32 Å². The first-order valence-corrected chi connectivity index (χ1v) is 5.85. The average molecular weight is 243 g/mol. The number of carbonyl (C=O) groups excluding carboxylic acids is 1. The highest BCUT2D eigenvalue weighted by atomic mass is 19.1. The molecule has 0 saturated carbocycles. The van der Waals surface area contributed by atoms with Gasteiger partial charge in [0.2, 0.25) is 0 Å². The van der Waals surface area contributed by atoms with Crippen LogP contribution in [0.1, 0.15) is 22.8 Å². The predicted molar refractivity (Wildman–Crippen MR) is 70.2 cm³/mol. The molecule has 0 bridgehead atoms. The number of benzene rings is 2. The van der Waals surface area contributed by atoms with Gasteiger partial charge in [-0.25, -0.2) is 4.39 Å². The number of anilines is 1. The van der Waals surface area contributed by atoms with Crippen LogP contribution >= 0.6 is 0 Å². The van der Waals surface area contributed by atoms with Crippen molar-refractivity contribution < 1.29 is 9.18 Å². The number of halogens is 1. The highest BCUT2D eigenvalue weighted by molar-refractivity contribution is 6.04. The summed E-state index contributed by atoms with van der Waals surface area (Å²) in [4.78, 5) is 11.9. The first-order chi connectivity index (χ1) is 8.69.